The average molecular weight is 472 g/mol. The van der Waals surface area contributed by atoms with E-state index in [2.05, 4.69) is 74.5 Å². The number of phenols is 1. The smallest absolute Gasteiger partial charge is 0.142 e. The number of halogens is 2. The van der Waals surface area contributed by atoms with Crippen LogP contribution in [-0.4, -0.2) is 36.2 Å². The van der Waals surface area contributed by atoms with Crippen LogP contribution in [0.1, 0.15) is 24.9 Å². The number of piperazine rings is 1. The molecule has 18 heavy (non-hydrogen) atoms. The number of hydrogen-bond acceptors (Lipinski definition) is 3. The van der Waals surface area contributed by atoms with Crippen LogP contribution < -0.4 is 5.32 Å². The molecular weight excluding hydrogens is 454 g/mol. The first-order chi connectivity index (χ1) is 8.63. The fourth-order valence-electron chi connectivity index (χ4n) is 2.48. The maximum atomic E-state index is 9.86. The normalized spacial score (nSPS) is 18.8. The Morgan fingerprint density at radius 1 is 1.28 bits per heavy atom. The lowest BCUT2D eigenvalue weighted by atomic mass is 10.0. The van der Waals surface area contributed by atoms with Crippen molar-refractivity contribution in [3.8, 4) is 5.75 Å². The van der Waals surface area contributed by atoms with Gasteiger partial charge in [-0.1, -0.05) is 6.92 Å². The van der Waals surface area contributed by atoms with Crippen LogP contribution in [0.5, 0.6) is 5.75 Å². The number of nitrogens with one attached hydrogen (secondary N) is 1. The summed E-state index contributed by atoms with van der Waals surface area (Å²) in [5.41, 5.74) is 1.33. The van der Waals surface area contributed by atoms with Gasteiger partial charge in [-0.15, -0.1) is 0 Å². The van der Waals surface area contributed by atoms with Crippen LogP contribution in [0.3, 0.4) is 0 Å². The van der Waals surface area contributed by atoms with Crippen molar-refractivity contribution in [1.29, 1.82) is 0 Å². The number of benzene rings is 1. The van der Waals surface area contributed by atoms with E-state index in [1.54, 1.807) is 0 Å². The average Bonchev–Trinajstić information content (AvgIpc) is 2.38. The number of rotatable bonds is 3. The third kappa shape index (κ3) is 3.29. The lowest BCUT2D eigenvalue weighted by Gasteiger charge is -2.35. The van der Waals surface area contributed by atoms with Crippen LogP contribution in [0, 0.1) is 7.14 Å². The van der Waals surface area contributed by atoms with Gasteiger partial charge in [-0.25, -0.2) is 0 Å². The monoisotopic (exact) mass is 472 g/mol. The number of nitrogens with zero attached hydrogens (tertiary/aromatic N) is 1. The fraction of sp³-hybridized carbons (Fsp3) is 0.538. The summed E-state index contributed by atoms with van der Waals surface area (Å²) in [7, 11) is 0. The summed E-state index contributed by atoms with van der Waals surface area (Å²) in [6.07, 6.45) is 1.11. The zero-order valence-corrected chi connectivity index (χ0v) is 14.7. The van der Waals surface area contributed by atoms with Gasteiger partial charge in [-0.2, -0.15) is 0 Å². The zero-order chi connectivity index (χ0) is 13.1. The topological polar surface area (TPSA) is 35.5 Å². The molecule has 0 bridgehead atoms. The van der Waals surface area contributed by atoms with Crippen molar-refractivity contribution in [1.82, 2.24) is 10.2 Å². The molecule has 1 aliphatic heterocycles. The second-order valence-corrected chi connectivity index (χ2v) is 6.87. The van der Waals surface area contributed by atoms with Gasteiger partial charge in [0.05, 0.1) is 7.14 Å². The fourth-order valence-corrected chi connectivity index (χ4v) is 4.29. The molecule has 100 valence electrons. The molecule has 0 unspecified atom stereocenters. The molecule has 1 aromatic rings. The van der Waals surface area contributed by atoms with Gasteiger partial charge >= 0.3 is 0 Å². The van der Waals surface area contributed by atoms with Crippen LogP contribution in [0.4, 0.5) is 0 Å². The van der Waals surface area contributed by atoms with Gasteiger partial charge in [0.2, 0.25) is 0 Å². The Morgan fingerprint density at radius 2 is 1.83 bits per heavy atom. The molecule has 1 saturated heterocycles. The van der Waals surface area contributed by atoms with Gasteiger partial charge in [0, 0.05) is 32.2 Å². The molecule has 3 nitrogen and oxygen atoms in total. The van der Waals surface area contributed by atoms with Crippen LogP contribution in [0.15, 0.2) is 12.1 Å². The summed E-state index contributed by atoms with van der Waals surface area (Å²) in [5, 5.41) is 13.2. The Bertz CT molecular complexity index is 396. The van der Waals surface area contributed by atoms with E-state index in [0.29, 0.717) is 11.8 Å². The molecule has 1 atom stereocenters. The van der Waals surface area contributed by atoms with E-state index in [4.69, 9.17) is 0 Å². The van der Waals surface area contributed by atoms with Gasteiger partial charge in [-0.3, -0.25) is 4.90 Å². The van der Waals surface area contributed by atoms with E-state index < -0.39 is 0 Å². The van der Waals surface area contributed by atoms with Gasteiger partial charge in [0.1, 0.15) is 5.75 Å². The van der Waals surface area contributed by atoms with Crippen LogP contribution in [0.25, 0.3) is 0 Å². The summed E-state index contributed by atoms with van der Waals surface area (Å²) in [6, 6.07) is 4.71. The molecule has 0 aliphatic carbocycles. The second kappa shape index (κ2) is 6.71. The molecular formula is C13H18I2N2O. The third-order valence-corrected chi connectivity index (χ3v) is 5.05. The van der Waals surface area contributed by atoms with E-state index in [-0.39, 0.29) is 0 Å². The predicted molar refractivity (Wildman–Crippen MR) is 91.0 cm³/mol. The molecule has 2 N–H and O–H groups in total. The predicted octanol–water partition coefficient (Wildman–Crippen LogP) is 2.96. The van der Waals surface area contributed by atoms with Crippen molar-refractivity contribution in [3.05, 3.63) is 24.8 Å². The minimum Gasteiger partial charge on any atom is -0.506 e. The minimum absolute atomic E-state index is 0.412. The molecule has 0 radical (unpaired) electrons. The Kier molecular flexibility index (Phi) is 5.52. The van der Waals surface area contributed by atoms with Crippen molar-refractivity contribution in [3.63, 3.8) is 0 Å². The first kappa shape index (κ1) is 14.8. The molecule has 0 spiro atoms. The number of hydrogen-bond donors (Lipinski definition) is 2. The Hall–Kier alpha value is 0.400. The van der Waals surface area contributed by atoms with Gasteiger partial charge in [0.15, 0.2) is 0 Å². The molecule has 1 aromatic carbocycles. The van der Waals surface area contributed by atoms with Crippen LogP contribution >= 0.6 is 45.2 Å². The quantitative estimate of drug-likeness (QED) is 0.665. The summed E-state index contributed by atoms with van der Waals surface area (Å²) in [4.78, 5) is 2.54. The maximum absolute atomic E-state index is 9.86. The zero-order valence-electron chi connectivity index (χ0n) is 10.4. The molecule has 1 aliphatic rings. The molecule has 0 amide bonds. The SMILES string of the molecule is CC[C@@H](c1cc(I)c(O)c(I)c1)N1CCNCC1. The molecule has 0 saturated carbocycles. The molecule has 1 heterocycles. The maximum Gasteiger partial charge on any atom is 0.142 e. The van der Waals surface area contributed by atoms with Gasteiger partial charge in [-0.05, 0) is 69.3 Å². The highest BCUT2D eigenvalue weighted by molar-refractivity contribution is 14.1. The highest BCUT2D eigenvalue weighted by atomic mass is 127. The Morgan fingerprint density at radius 3 is 2.33 bits per heavy atom. The van der Waals surface area contributed by atoms with E-state index in [1.807, 2.05) is 0 Å². The lowest BCUT2D eigenvalue weighted by molar-refractivity contribution is 0.169. The van der Waals surface area contributed by atoms with Crippen molar-refractivity contribution < 1.29 is 5.11 Å². The largest absolute Gasteiger partial charge is 0.506 e. The highest BCUT2D eigenvalue weighted by Crippen LogP contribution is 2.33. The van der Waals surface area contributed by atoms with Crippen molar-refractivity contribution >= 4 is 45.2 Å². The van der Waals surface area contributed by atoms with E-state index in [9.17, 15) is 5.11 Å². The number of aromatic hydroxyl groups is 1. The van der Waals surface area contributed by atoms with E-state index in [0.717, 1.165) is 39.7 Å². The first-order valence-electron chi connectivity index (χ1n) is 6.26. The molecule has 2 rings (SSSR count). The highest BCUT2D eigenvalue weighted by Gasteiger charge is 2.21. The standard InChI is InChI=1S/C13H18I2N2O/c1-2-12(17-5-3-16-4-6-17)9-7-10(14)13(18)11(15)8-9/h7-8,12,16,18H,2-6H2,1H3/t12-/m0/s1. The first-order valence-corrected chi connectivity index (χ1v) is 8.42. The minimum atomic E-state index is 0.412. The van der Waals surface area contributed by atoms with Crippen molar-refractivity contribution in [2.75, 3.05) is 26.2 Å². The van der Waals surface area contributed by atoms with Gasteiger partial charge in [0.25, 0.3) is 0 Å². The molecule has 5 heteroatoms. The van der Waals surface area contributed by atoms with Crippen LogP contribution in [0.2, 0.25) is 0 Å². The van der Waals surface area contributed by atoms with E-state index in [1.165, 1.54) is 5.56 Å². The summed E-state index contributed by atoms with van der Waals surface area (Å²) >= 11 is 4.42. The van der Waals surface area contributed by atoms with E-state index >= 15 is 0 Å². The summed E-state index contributed by atoms with van der Waals surface area (Å²) < 4.78 is 1.89. The lowest BCUT2D eigenvalue weighted by Crippen LogP contribution is -2.45. The Labute approximate surface area is 136 Å². The van der Waals surface area contributed by atoms with Crippen LogP contribution in [-0.2, 0) is 0 Å². The molecule has 0 aromatic heterocycles. The number of phenolic OH excluding ortho intramolecular Hbond substituents is 1. The van der Waals surface area contributed by atoms with Crippen molar-refractivity contribution in [2.45, 2.75) is 19.4 Å². The third-order valence-electron chi connectivity index (χ3n) is 3.40. The summed E-state index contributed by atoms with van der Waals surface area (Å²) in [5.74, 6) is 0.412. The summed E-state index contributed by atoms with van der Waals surface area (Å²) in [6.45, 7) is 6.59. The van der Waals surface area contributed by atoms with Gasteiger partial charge < -0.3 is 10.4 Å². The molecule has 1 fully saturated rings. The second-order valence-electron chi connectivity index (χ2n) is 4.54. The Balaban J connectivity index is 2.26. The van der Waals surface area contributed by atoms with Crippen molar-refractivity contribution in [2.24, 2.45) is 0 Å².